The summed E-state index contributed by atoms with van der Waals surface area (Å²) in [6.45, 7) is 0. The summed E-state index contributed by atoms with van der Waals surface area (Å²) in [5.74, 6) is -0.338. The van der Waals surface area contributed by atoms with Gasteiger partial charge in [0.15, 0.2) is 0 Å². The summed E-state index contributed by atoms with van der Waals surface area (Å²) in [5, 5.41) is 9.31. The fraction of sp³-hybridized carbons (Fsp3) is 0. The molecule has 0 unspecified atom stereocenters. The van der Waals surface area contributed by atoms with Crippen molar-refractivity contribution in [1.82, 2.24) is 10.2 Å². The molecule has 0 spiro atoms. The van der Waals surface area contributed by atoms with Crippen LogP contribution < -0.4 is 11.1 Å². The fourth-order valence-corrected chi connectivity index (χ4v) is 1.64. The second kappa shape index (κ2) is 5.16. The smallest absolute Gasteiger partial charge is 0.273 e. The van der Waals surface area contributed by atoms with Gasteiger partial charge in [-0.3, -0.25) is 9.89 Å². The minimum absolute atomic E-state index is 0.240. The molecule has 92 valence electrons. The second-order valence-electron chi connectivity index (χ2n) is 3.48. The van der Waals surface area contributed by atoms with Gasteiger partial charge in [0.2, 0.25) is 0 Å². The van der Waals surface area contributed by atoms with Crippen LogP contribution in [0.2, 0.25) is 5.02 Å². The molecule has 0 bridgehead atoms. The number of rotatable bonds is 3. The molecule has 1 aromatic carbocycles. The molecule has 0 radical (unpaired) electrons. The van der Waals surface area contributed by atoms with E-state index in [0.717, 1.165) is 0 Å². The lowest BCUT2D eigenvalue weighted by molar-refractivity contribution is 0.102. The Morgan fingerprint density at radius 1 is 1.44 bits per heavy atom. The lowest BCUT2D eigenvalue weighted by Crippen LogP contribution is -2.14. The predicted molar refractivity (Wildman–Crippen MR) is 73.9 cm³/mol. The molecule has 5 nitrogen and oxygen atoms in total. The highest BCUT2D eigenvalue weighted by atomic mass is 35.5. The Labute approximate surface area is 113 Å². The van der Waals surface area contributed by atoms with Crippen molar-refractivity contribution in [2.24, 2.45) is 5.73 Å². The molecule has 1 aromatic heterocycles. The normalized spacial score (nSPS) is 10.1. The standard InChI is InChI=1S/C11H9ClN4OS/c12-7-2-1-6(10(13)18)5-9(7)15-11(17)8-3-4-14-16-8/h1-5H,(H2,13,18)(H,14,16)(H,15,17). The first-order chi connectivity index (χ1) is 8.58. The number of nitrogens with two attached hydrogens (primary N) is 1. The van der Waals surface area contributed by atoms with Crippen LogP contribution in [-0.2, 0) is 0 Å². The number of amides is 1. The third-order valence-electron chi connectivity index (χ3n) is 2.24. The summed E-state index contributed by atoms with van der Waals surface area (Å²) in [6, 6.07) is 6.49. The van der Waals surface area contributed by atoms with Crippen LogP contribution in [0.1, 0.15) is 16.1 Å². The molecule has 0 aliphatic rings. The first-order valence-electron chi connectivity index (χ1n) is 4.98. The molecule has 1 heterocycles. The minimum atomic E-state index is -0.338. The number of carbonyl (C=O) groups excluding carboxylic acids is 1. The maximum absolute atomic E-state index is 11.8. The van der Waals surface area contributed by atoms with E-state index in [-0.39, 0.29) is 10.9 Å². The van der Waals surface area contributed by atoms with E-state index in [1.54, 1.807) is 24.3 Å². The van der Waals surface area contributed by atoms with E-state index in [2.05, 4.69) is 15.5 Å². The van der Waals surface area contributed by atoms with Gasteiger partial charge < -0.3 is 11.1 Å². The van der Waals surface area contributed by atoms with Crippen molar-refractivity contribution >= 4 is 40.4 Å². The van der Waals surface area contributed by atoms with E-state index in [4.69, 9.17) is 29.6 Å². The summed E-state index contributed by atoms with van der Waals surface area (Å²) in [6.07, 6.45) is 1.49. The predicted octanol–water partition coefficient (Wildman–Crippen LogP) is 1.95. The average molecular weight is 281 g/mol. The largest absolute Gasteiger partial charge is 0.389 e. The number of nitrogens with zero attached hydrogens (tertiary/aromatic N) is 1. The van der Waals surface area contributed by atoms with Gasteiger partial charge in [0.1, 0.15) is 10.7 Å². The summed E-state index contributed by atoms with van der Waals surface area (Å²) in [7, 11) is 0. The van der Waals surface area contributed by atoms with Crippen LogP contribution in [0.25, 0.3) is 0 Å². The zero-order valence-corrected chi connectivity index (χ0v) is 10.7. The Bertz CT molecular complexity index is 597. The highest BCUT2D eigenvalue weighted by molar-refractivity contribution is 7.80. The van der Waals surface area contributed by atoms with Crippen LogP contribution in [0.5, 0.6) is 0 Å². The number of benzene rings is 1. The zero-order chi connectivity index (χ0) is 13.1. The molecular formula is C11H9ClN4OS. The summed E-state index contributed by atoms with van der Waals surface area (Å²) < 4.78 is 0. The summed E-state index contributed by atoms with van der Waals surface area (Å²) in [5.41, 5.74) is 6.94. The number of carbonyl (C=O) groups is 1. The quantitative estimate of drug-likeness (QED) is 0.751. The van der Waals surface area contributed by atoms with E-state index in [0.29, 0.717) is 22.0 Å². The van der Waals surface area contributed by atoms with Gasteiger partial charge in [0, 0.05) is 11.8 Å². The van der Waals surface area contributed by atoms with Gasteiger partial charge in [-0.1, -0.05) is 29.9 Å². The average Bonchev–Trinajstić information content (AvgIpc) is 2.85. The molecule has 2 aromatic rings. The maximum atomic E-state index is 11.8. The van der Waals surface area contributed by atoms with E-state index in [1.165, 1.54) is 6.20 Å². The lowest BCUT2D eigenvalue weighted by Gasteiger charge is -2.08. The molecule has 7 heteroatoms. The molecule has 0 saturated carbocycles. The number of H-pyrrole nitrogens is 1. The summed E-state index contributed by atoms with van der Waals surface area (Å²) in [4.78, 5) is 12.0. The lowest BCUT2D eigenvalue weighted by atomic mass is 10.2. The number of nitrogens with one attached hydrogen (secondary N) is 2. The highest BCUT2D eigenvalue weighted by Crippen LogP contribution is 2.23. The van der Waals surface area contributed by atoms with Crippen LogP contribution in [0, 0.1) is 0 Å². The molecule has 4 N–H and O–H groups in total. The molecule has 18 heavy (non-hydrogen) atoms. The fourth-order valence-electron chi connectivity index (χ4n) is 1.35. The number of hydrogen-bond donors (Lipinski definition) is 3. The number of aromatic amines is 1. The molecule has 0 fully saturated rings. The van der Waals surface area contributed by atoms with Crippen LogP contribution in [0.4, 0.5) is 5.69 Å². The number of thiocarbonyl (C=S) groups is 1. The molecule has 0 saturated heterocycles. The van der Waals surface area contributed by atoms with Crippen LogP contribution in [-0.4, -0.2) is 21.1 Å². The van der Waals surface area contributed by atoms with E-state index < -0.39 is 0 Å². The van der Waals surface area contributed by atoms with Crippen molar-refractivity contribution in [2.45, 2.75) is 0 Å². The minimum Gasteiger partial charge on any atom is -0.389 e. The first kappa shape index (κ1) is 12.5. The van der Waals surface area contributed by atoms with Crippen molar-refractivity contribution in [3.63, 3.8) is 0 Å². The Morgan fingerprint density at radius 3 is 2.83 bits per heavy atom. The molecule has 0 aliphatic heterocycles. The topological polar surface area (TPSA) is 83.8 Å². The monoisotopic (exact) mass is 280 g/mol. The SMILES string of the molecule is NC(=S)c1ccc(Cl)c(NC(=O)c2ccn[nH]2)c1. The molecule has 2 rings (SSSR count). The third-order valence-corrected chi connectivity index (χ3v) is 2.81. The van der Waals surface area contributed by atoms with Crippen molar-refractivity contribution in [3.8, 4) is 0 Å². The molecule has 0 aliphatic carbocycles. The van der Waals surface area contributed by atoms with Crippen LogP contribution >= 0.6 is 23.8 Å². The third kappa shape index (κ3) is 2.66. The molecular weight excluding hydrogens is 272 g/mol. The van der Waals surface area contributed by atoms with Crippen molar-refractivity contribution in [2.75, 3.05) is 5.32 Å². The van der Waals surface area contributed by atoms with E-state index in [1.807, 2.05) is 0 Å². The van der Waals surface area contributed by atoms with E-state index >= 15 is 0 Å². The van der Waals surface area contributed by atoms with E-state index in [9.17, 15) is 4.79 Å². The Balaban J connectivity index is 2.26. The summed E-state index contributed by atoms with van der Waals surface area (Å²) >= 11 is 10.8. The first-order valence-corrected chi connectivity index (χ1v) is 5.76. The van der Waals surface area contributed by atoms with Gasteiger partial charge in [-0.2, -0.15) is 5.10 Å². The van der Waals surface area contributed by atoms with Gasteiger partial charge in [0.05, 0.1) is 10.7 Å². The molecule has 0 atom stereocenters. The van der Waals surface area contributed by atoms with Gasteiger partial charge in [-0.05, 0) is 18.2 Å². The number of halogens is 1. The Hall–Kier alpha value is -1.92. The molecule has 1 amide bonds. The van der Waals surface area contributed by atoms with Crippen molar-refractivity contribution in [3.05, 3.63) is 46.7 Å². The van der Waals surface area contributed by atoms with Crippen molar-refractivity contribution < 1.29 is 4.79 Å². The van der Waals surface area contributed by atoms with Crippen LogP contribution in [0.3, 0.4) is 0 Å². The van der Waals surface area contributed by atoms with Gasteiger partial charge in [-0.15, -0.1) is 0 Å². The number of anilines is 1. The zero-order valence-electron chi connectivity index (χ0n) is 9.11. The Morgan fingerprint density at radius 2 is 2.22 bits per heavy atom. The number of hydrogen-bond acceptors (Lipinski definition) is 3. The maximum Gasteiger partial charge on any atom is 0.273 e. The Kier molecular flexibility index (Phi) is 3.59. The van der Waals surface area contributed by atoms with Gasteiger partial charge >= 0.3 is 0 Å². The van der Waals surface area contributed by atoms with Crippen molar-refractivity contribution in [1.29, 1.82) is 0 Å². The second-order valence-corrected chi connectivity index (χ2v) is 4.33. The number of aromatic nitrogens is 2. The van der Waals surface area contributed by atoms with Crippen LogP contribution in [0.15, 0.2) is 30.5 Å². The highest BCUT2D eigenvalue weighted by Gasteiger charge is 2.10. The van der Waals surface area contributed by atoms with Gasteiger partial charge in [0.25, 0.3) is 5.91 Å². The van der Waals surface area contributed by atoms with Gasteiger partial charge in [-0.25, -0.2) is 0 Å².